The van der Waals surface area contributed by atoms with E-state index >= 15 is 0 Å². The Morgan fingerprint density at radius 3 is 2.61 bits per heavy atom. The van der Waals surface area contributed by atoms with Crippen LogP contribution in [0, 0.1) is 13.8 Å². The molecule has 0 aliphatic heterocycles. The van der Waals surface area contributed by atoms with Crippen molar-refractivity contribution in [1.82, 2.24) is 14.5 Å². The van der Waals surface area contributed by atoms with Crippen molar-refractivity contribution >= 4 is 11.0 Å². The van der Waals surface area contributed by atoms with Gasteiger partial charge in [-0.3, -0.25) is 4.90 Å². The van der Waals surface area contributed by atoms with Gasteiger partial charge in [-0.15, -0.1) is 0 Å². The van der Waals surface area contributed by atoms with Crippen LogP contribution in [0.5, 0.6) is 0 Å². The van der Waals surface area contributed by atoms with E-state index in [1.54, 1.807) is 11.2 Å². The maximum atomic E-state index is 12.7. The van der Waals surface area contributed by atoms with E-state index in [1.165, 1.54) is 11.1 Å². The molecule has 3 rings (SSSR count). The molecule has 0 radical (unpaired) electrons. The topological polar surface area (TPSA) is 41.3 Å². The van der Waals surface area contributed by atoms with Gasteiger partial charge in [-0.1, -0.05) is 0 Å². The third-order valence-corrected chi connectivity index (χ3v) is 4.53. The highest BCUT2D eigenvalue weighted by Crippen LogP contribution is 2.27. The van der Waals surface area contributed by atoms with Gasteiger partial charge in [-0.05, 0) is 49.9 Å². The number of hydrogen-bond donors (Lipinski definition) is 1. The number of hydrogen-bond acceptors (Lipinski definition) is 3. The quantitative estimate of drug-likeness (QED) is 0.852. The molecule has 2 aromatic rings. The molecule has 1 aliphatic carbocycles. The molecule has 23 heavy (non-hydrogen) atoms. The van der Waals surface area contributed by atoms with Crippen molar-refractivity contribution in [2.24, 2.45) is 0 Å². The number of aromatic nitrogens is 2. The zero-order chi connectivity index (χ0) is 16.6. The van der Waals surface area contributed by atoms with Crippen LogP contribution in [0.1, 0.15) is 24.0 Å². The monoisotopic (exact) mass is 323 g/mol. The molecule has 1 heterocycles. The third kappa shape index (κ3) is 3.87. The summed E-state index contributed by atoms with van der Waals surface area (Å²) in [7, 11) is 0. The summed E-state index contributed by atoms with van der Waals surface area (Å²) in [6, 6.07) is 4.30. The number of nitrogens with zero attached hydrogens (tertiary/aromatic N) is 3. The number of halogens is 2. The highest BCUT2D eigenvalue weighted by Gasteiger charge is 2.31. The molecule has 1 unspecified atom stereocenters. The van der Waals surface area contributed by atoms with Crippen molar-refractivity contribution in [3.05, 3.63) is 29.6 Å². The second-order valence-corrected chi connectivity index (χ2v) is 6.55. The van der Waals surface area contributed by atoms with E-state index in [0.29, 0.717) is 6.54 Å². The summed E-state index contributed by atoms with van der Waals surface area (Å²) in [5.74, 6) is 0. The molecule has 126 valence electrons. The Labute approximate surface area is 134 Å². The number of imidazole rings is 1. The summed E-state index contributed by atoms with van der Waals surface area (Å²) >= 11 is 0. The zero-order valence-corrected chi connectivity index (χ0v) is 13.5. The average Bonchev–Trinajstić information content (AvgIpc) is 3.25. The number of aliphatic hydroxyl groups excluding tert-OH is 1. The molecule has 0 amide bonds. The fourth-order valence-corrected chi connectivity index (χ4v) is 3.00. The van der Waals surface area contributed by atoms with Crippen LogP contribution >= 0.6 is 0 Å². The van der Waals surface area contributed by atoms with Crippen LogP contribution in [-0.2, 0) is 6.54 Å². The predicted molar refractivity (Wildman–Crippen MR) is 85.8 cm³/mol. The lowest BCUT2D eigenvalue weighted by Gasteiger charge is -2.24. The molecule has 1 aromatic carbocycles. The number of aryl methyl sites for hydroxylation is 2. The molecule has 6 heteroatoms. The maximum Gasteiger partial charge on any atom is 0.251 e. The smallest absolute Gasteiger partial charge is 0.251 e. The molecule has 0 spiro atoms. The normalized spacial score (nSPS) is 16.7. The molecular formula is C17H23F2N3O. The molecule has 1 aromatic heterocycles. The molecular weight excluding hydrogens is 300 g/mol. The van der Waals surface area contributed by atoms with Crippen LogP contribution in [0.3, 0.4) is 0 Å². The molecule has 1 fully saturated rings. The predicted octanol–water partition coefficient (Wildman–Crippen LogP) is 2.74. The highest BCUT2D eigenvalue weighted by molar-refractivity contribution is 5.77. The third-order valence-electron chi connectivity index (χ3n) is 4.53. The summed E-state index contributed by atoms with van der Waals surface area (Å²) < 4.78 is 27.2. The number of benzene rings is 1. The van der Waals surface area contributed by atoms with Crippen LogP contribution < -0.4 is 0 Å². The van der Waals surface area contributed by atoms with Gasteiger partial charge in [0.15, 0.2) is 0 Å². The Balaban J connectivity index is 1.69. The number of fused-ring (bicyclic) bond motifs is 1. The zero-order valence-electron chi connectivity index (χ0n) is 13.5. The average molecular weight is 323 g/mol. The standard InChI is InChI=1S/C17H23F2N3O/c1-11-5-15-16(6-12(11)2)22(10-20-15)8-14(23)7-21(9-17(18)19)13-3-4-13/h5-6,10,13-14,17,23H,3-4,7-9H2,1-2H3. The Kier molecular flexibility index (Phi) is 4.64. The van der Waals surface area contributed by atoms with Crippen molar-refractivity contribution in [2.45, 2.75) is 51.8 Å². The molecule has 1 saturated carbocycles. The van der Waals surface area contributed by atoms with E-state index in [0.717, 1.165) is 23.9 Å². The first-order valence-electron chi connectivity index (χ1n) is 8.06. The fraction of sp³-hybridized carbons (Fsp3) is 0.588. The van der Waals surface area contributed by atoms with E-state index in [1.807, 2.05) is 24.5 Å². The van der Waals surface area contributed by atoms with Crippen molar-refractivity contribution in [3.8, 4) is 0 Å². The highest BCUT2D eigenvalue weighted by atomic mass is 19.3. The van der Waals surface area contributed by atoms with Crippen molar-refractivity contribution in [2.75, 3.05) is 13.1 Å². The largest absolute Gasteiger partial charge is 0.390 e. The van der Waals surface area contributed by atoms with Gasteiger partial charge in [0, 0.05) is 12.6 Å². The Bertz CT molecular complexity index is 682. The molecule has 0 bridgehead atoms. The fourth-order valence-electron chi connectivity index (χ4n) is 3.00. The van der Waals surface area contributed by atoms with Crippen LogP contribution in [0.15, 0.2) is 18.5 Å². The lowest BCUT2D eigenvalue weighted by atomic mass is 10.1. The molecule has 4 nitrogen and oxygen atoms in total. The summed E-state index contributed by atoms with van der Waals surface area (Å²) in [6.07, 6.45) is 0.565. The van der Waals surface area contributed by atoms with Crippen molar-refractivity contribution in [1.29, 1.82) is 0 Å². The summed E-state index contributed by atoms with van der Waals surface area (Å²) in [4.78, 5) is 6.08. The Morgan fingerprint density at radius 2 is 1.96 bits per heavy atom. The van der Waals surface area contributed by atoms with Crippen molar-refractivity contribution < 1.29 is 13.9 Å². The summed E-state index contributed by atoms with van der Waals surface area (Å²) in [6.45, 7) is 4.47. The summed E-state index contributed by atoms with van der Waals surface area (Å²) in [5.41, 5.74) is 4.22. The van der Waals surface area contributed by atoms with E-state index in [9.17, 15) is 13.9 Å². The first kappa shape index (κ1) is 16.3. The second-order valence-electron chi connectivity index (χ2n) is 6.55. The van der Waals surface area contributed by atoms with Crippen LogP contribution in [0.25, 0.3) is 11.0 Å². The van der Waals surface area contributed by atoms with Gasteiger partial charge in [-0.25, -0.2) is 13.8 Å². The molecule has 1 aliphatic rings. The Morgan fingerprint density at radius 1 is 1.26 bits per heavy atom. The van der Waals surface area contributed by atoms with Gasteiger partial charge < -0.3 is 9.67 Å². The first-order chi connectivity index (χ1) is 10.9. The number of alkyl halides is 2. The number of rotatable bonds is 7. The van der Waals surface area contributed by atoms with Gasteiger partial charge in [-0.2, -0.15) is 0 Å². The number of aliphatic hydroxyl groups is 1. The molecule has 0 saturated heterocycles. The minimum Gasteiger partial charge on any atom is -0.390 e. The summed E-state index contributed by atoms with van der Waals surface area (Å²) in [5, 5.41) is 10.3. The van der Waals surface area contributed by atoms with Gasteiger partial charge >= 0.3 is 0 Å². The second kappa shape index (κ2) is 6.53. The minimum absolute atomic E-state index is 0.211. The SMILES string of the molecule is Cc1cc2ncn(CC(O)CN(CC(F)F)C3CC3)c2cc1C. The Hall–Kier alpha value is -1.53. The van der Waals surface area contributed by atoms with Gasteiger partial charge in [0.1, 0.15) is 0 Å². The van der Waals surface area contributed by atoms with Gasteiger partial charge in [0.05, 0.1) is 36.6 Å². The maximum absolute atomic E-state index is 12.7. The van der Waals surface area contributed by atoms with Gasteiger partial charge in [0.2, 0.25) is 0 Å². The van der Waals surface area contributed by atoms with Gasteiger partial charge in [0.25, 0.3) is 6.43 Å². The van der Waals surface area contributed by atoms with E-state index < -0.39 is 12.5 Å². The van der Waals surface area contributed by atoms with E-state index in [4.69, 9.17) is 0 Å². The molecule has 1 N–H and O–H groups in total. The van der Waals surface area contributed by atoms with Crippen LogP contribution in [0.4, 0.5) is 8.78 Å². The minimum atomic E-state index is -2.36. The van der Waals surface area contributed by atoms with Crippen molar-refractivity contribution in [3.63, 3.8) is 0 Å². The lowest BCUT2D eigenvalue weighted by Crippen LogP contribution is -2.39. The first-order valence-corrected chi connectivity index (χ1v) is 8.06. The lowest BCUT2D eigenvalue weighted by molar-refractivity contribution is 0.0455. The molecule has 1 atom stereocenters. The van der Waals surface area contributed by atoms with Crippen LogP contribution in [-0.4, -0.2) is 51.2 Å². The van der Waals surface area contributed by atoms with Crippen LogP contribution in [0.2, 0.25) is 0 Å². The van der Waals surface area contributed by atoms with E-state index in [-0.39, 0.29) is 19.1 Å². The van der Waals surface area contributed by atoms with E-state index in [2.05, 4.69) is 11.1 Å².